The molecule has 1 aromatic carbocycles. The Bertz CT molecular complexity index is 651. The van der Waals surface area contributed by atoms with Gasteiger partial charge in [-0.25, -0.2) is 0 Å². The zero-order valence-corrected chi connectivity index (χ0v) is 12.7. The van der Waals surface area contributed by atoms with E-state index in [4.69, 9.17) is 9.15 Å². The molecule has 0 radical (unpaired) electrons. The topological polar surface area (TPSA) is 54.6 Å². The van der Waals surface area contributed by atoms with Gasteiger partial charge in [0.15, 0.2) is 0 Å². The van der Waals surface area contributed by atoms with Crippen LogP contribution in [-0.4, -0.2) is 42.5 Å². The lowest BCUT2D eigenvalue weighted by Gasteiger charge is -2.25. The van der Waals surface area contributed by atoms with Crippen LogP contribution in [0.2, 0.25) is 0 Å². The monoisotopic (exact) mass is 300 g/mol. The minimum Gasteiger partial charge on any atom is -0.406 e. The molecule has 0 N–H and O–H groups in total. The number of morpholine rings is 1. The van der Waals surface area contributed by atoms with Gasteiger partial charge in [0.2, 0.25) is 5.89 Å². The Morgan fingerprint density at radius 1 is 1.18 bits per heavy atom. The maximum absolute atomic E-state index is 5.85. The van der Waals surface area contributed by atoms with Crippen LogP contribution in [0.5, 0.6) is 0 Å². The van der Waals surface area contributed by atoms with Crippen molar-refractivity contribution < 1.29 is 9.15 Å². The summed E-state index contributed by atoms with van der Waals surface area (Å²) in [6.45, 7) is 5.95. The molecule has 0 saturated carbocycles. The highest BCUT2D eigenvalue weighted by Crippen LogP contribution is 2.33. The summed E-state index contributed by atoms with van der Waals surface area (Å²) in [4.78, 5) is 4.42. The number of fused-ring (bicyclic) bond motifs is 1. The van der Waals surface area contributed by atoms with Gasteiger partial charge < -0.3 is 19.0 Å². The molecule has 0 amide bonds. The van der Waals surface area contributed by atoms with Crippen molar-refractivity contribution in [2.45, 2.75) is 25.9 Å². The molecule has 6 heteroatoms. The fourth-order valence-electron chi connectivity index (χ4n) is 3.21. The Balaban J connectivity index is 1.51. The van der Waals surface area contributed by atoms with E-state index in [0.717, 1.165) is 19.5 Å². The van der Waals surface area contributed by atoms with Gasteiger partial charge in [-0.2, -0.15) is 0 Å². The molecule has 6 nitrogen and oxygen atoms in total. The van der Waals surface area contributed by atoms with E-state index < -0.39 is 0 Å². The molecule has 1 atom stereocenters. The molecule has 0 spiro atoms. The van der Waals surface area contributed by atoms with Crippen molar-refractivity contribution in [1.29, 1.82) is 0 Å². The van der Waals surface area contributed by atoms with E-state index in [9.17, 15) is 0 Å². The summed E-state index contributed by atoms with van der Waals surface area (Å²) in [7, 11) is 0. The van der Waals surface area contributed by atoms with Gasteiger partial charge in [0.25, 0.3) is 0 Å². The third kappa shape index (κ3) is 2.43. The van der Waals surface area contributed by atoms with Crippen molar-refractivity contribution in [3.05, 3.63) is 35.7 Å². The van der Waals surface area contributed by atoms with Crippen molar-refractivity contribution in [3.8, 4) is 0 Å². The number of benzene rings is 1. The average molecular weight is 300 g/mol. The summed E-state index contributed by atoms with van der Waals surface area (Å²) in [6.07, 6.45) is 1.07. The zero-order valence-electron chi connectivity index (χ0n) is 12.7. The molecule has 1 aromatic heterocycles. The van der Waals surface area contributed by atoms with E-state index in [1.807, 2.05) is 0 Å². The normalized spacial score (nSPS) is 21.2. The van der Waals surface area contributed by atoms with Gasteiger partial charge in [0.1, 0.15) is 0 Å². The van der Waals surface area contributed by atoms with Crippen molar-refractivity contribution >= 4 is 11.7 Å². The van der Waals surface area contributed by atoms with E-state index in [0.29, 0.717) is 37.7 Å². The number of hydrogen-bond acceptors (Lipinski definition) is 6. The number of hydrogen-bond donors (Lipinski definition) is 0. The molecule has 2 aliphatic heterocycles. The Kier molecular flexibility index (Phi) is 3.46. The van der Waals surface area contributed by atoms with Crippen LogP contribution < -0.4 is 9.80 Å². The first-order valence-electron chi connectivity index (χ1n) is 7.81. The Morgan fingerprint density at radius 2 is 2.00 bits per heavy atom. The van der Waals surface area contributed by atoms with E-state index in [2.05, 4.69) is 51.2 Å². The number of nitrogens with zero attached hydrogens (tertiary/aromatic N) is 4. The molecule has 1 unspecified atom stereocenters. The second kappa shape index (κ2) is 5.61. The Labute approximate surface area is 129 Å². The van der Waals surface area contributed by atoms with E-state index in [1.165, 1.54) is 11.3 Å². The summed E-state index contributed by atoms with van der Waals surface area (Å²) < 4.78 is 11.2. The van der Waals surface area contributed by atoms with Gasteiger partial charge in [0.05, 0.1) is 19.8 Å². The minimum absolute atomic E-state index is 0.455. The average Bonchev–Trinajstić information content (AvgIpc) is 3.14. The first-order chi connectivity index (χ1) is 10.8. The summed E-state index contributed by atoms with van der Waals surface area (Å²) >= 11 is 0. The summed E-state index contributed by atoms with van der Waals surface area (Å²) in [5.41, 5.74) is 2.67. The summed E-state index contributed by atoms with van der Waals surface area (Å²) in [6, 6.07) is 9.60. The lowest BCUT2D eigenvalue weighted by Crippen LogP contribution is -2.36. The third-order valence-electron chi connectivity index (χ3n) is 4.39. The number of anilines is 2. The standard InChI is InChI=1S/C16H20N4O2/c1-12-10-13-4-2-3-5-14(13)20(12)11-15-17-18-16(22-15)19-6-8-21-9-7-19/h2-5,12H,6-11H2,1H3. The van der Waals surface area contributed by atoms with Gasteiger partial charge in [-0.15, -0.1) is 5.10 Å². The molecule has 1 fully saturated rings. The molecule has 4 rings (SSSR count). The third-order valence-corrected chi connectivity index (χ3v) is 4.39. The van der Waals surface area contributed by atoms with Crippen molar-refractivity contribution in [2.75, 3.05) is 36.1 Å². The van der Waals surface area contributed by atoms with Crippen LogP contribution >= 0.6 is 0 Å². The molecule has 2 aliphatic rings. The van der Waals surface area contributed by atoms with E-state index in [1.54, 1.807) is 0 Å². The summed E-state index contributed by atoms with van der Waals surface area (Å²) in [5.74, 6) is 0.671. The fourth-order valence-corrected chi connectivity index (χ4v) is 3.21. The number of rotatable bonds is 3. The first kappa shape index (κ1) is 13.6. The van der Waals surface area contributed by atoms with E-state index >= 15 is 0 Å². The smallest absolute Gasteiger partial charge is 0.318 e. The van der Waals surface area contributed by atoms with Crippen molar-refractivity contribution in [3.63, 3.8) is 0 Å². The van der Waals surface area contributed by atoms with Gasteiger partial charge in [0, 0.05) is 24.8 Å². The van der Waals surface area contributed by atoms with Crippen LogP contribution in [0.15, 0.2) is 28.7 Å². The molecule has 0 bridgehead atoms. The predicted molar refractivity (Wildman–Crippen MR) is 83.1 cm³/mol. The van der Waals surface area contributed by atoms with Gasteiger partial charge in [-0.3, -0.25) is 0 Å². The molecule has 3 heterocycles. The number of ether oxygens (including phenoxy) is 1. The Morgan fingerprint density at radius 3 is 2.86 bits per heavy atom. The van der Waals surface area contributed by atoms with Crippen LogP contribution in [0.4, 0.5) is 11.7 Å². The highest BCUT2D eigenvalue weighted by atomic mass is 16.5. The lowest BCUT2D eigenvalue weighted by atomic mass is 10.1. The molecule has 1 saturated heterocycles. The van der Waals surface area contributed by atoms with Crippen LogP contribution in [-0.2, 0) is 17.7 Å². The minimum atomic E-state index is 0.455. The SMILES string of the molecule is CC1Cc2ccccc2N1Cc1nnc(N2CCOCC2)o1. The zero-order chi connectivity index (χ0) is 14.9. The second-order valence-corrected chi connectivity index (χ2v) is 5.89. The fraction of sp³-hybridized carbons (Fsp3) is 0.500. The molecule has 0 aliphatic carbocycles. The first-order valence-corrected chi connectivity index (χ1v) is 7.81. The van der Waals surface area contributed by atoms with Crippen molar-refractivity contribution in [1.82, 2.24) is 10.2 Å². The van der Waals surface area contributed by atoms with Crippen molar-refractivity contribution in [2.24, 2.45) is 0 Å². The molecular formula is C16H20N4O2. The highest BCUT2D eigenvalue weighted by Gasteiger charge is 2.27. The molecule has 22 heavy (non-hydrogen) atoms. The second-order valence-electron chi connectivity index (χ2n) is 5.89. The molecule has 2 aromatic rings. The van der Waals surface area contributed by atoms with Crippen LogP contribution in [0, 0.1) is 0 Å². The number of aromatic nitrogens is 2. The summed E-state index contributed by atoms with van der Waals surface area (Å²) in [5, 5.41) is 8.41. The quantitative estimate of drug-likeness (QED) is 0.862. The van der Waals surface area contributed by atoms with Gasteiger partial charge in [-0.05, 0) is 25.0 Å². The lowest BCUT2D eigenvalue weighted by molar-refractivity contribution is 0.120. The largest absolute Gasteiger partial charge is 0.406 e. The maximum atomic E-state index is 5.85. The molecular weight excluding hydrogens is 280 g/mol. The van der Waals surface area contributed by atoms with Crippen LogP contribution in [0.1, 0.15) is 18.4 Å². The maximum Gasteiger partial charge on any atom is 0.318 e. The number of para-hydroxylation sites is 1. The molecule has 116 valence electrons. The van der Waals surface area contributed by atoms with Gasteiger partial charge in [-0.1, -0.05) is 23.3 Å². The van der Waals surface area contributed by atoms with E-state index in [-0.39, 0.29) is 0 Å². The van der Waals surface area contributed by atoms with Crippen LogP contribution in [0.3, 0.4) is 0 Å². The predicted octanol–water partition coefficient (Wildman–Crippen LogP) is 1.86. The van der Waals surface area contributed by atoms with Gasteiger partial charge >= 0.3 is 6.01 Å². The van der Waals surface area contributed by atoms with Crippen LogP contribution in [0.25, 0.3) is 0 Å². The Hall–Kier alpha value is -2.08. The highest BCUT2D eigenvalue weighted by molar-refractivity contribution is 5.59.